The first-order valence-corrected chi connectivity index (χ1v) is 9.03. The van der Waals surface area contributed by atoms with E-state index in [1.54, 1.807) is 35.1 Å². The molecule has 27 heavy (non-hydrogen) atoms. The fraction of sp³-hybridized carbons (Fsp3) is 0.105. The lowest BCUT2D eigenvalue weighted by molar-refractivity contribution is -0.123. The number of hydrogen-bond acceptors (Lipinski definition) is 4. The van der Waals surface area contributed by atoms with E-state index in [1.165, 1.54) is 4.90 Å². The van der Waals surface area contributed by atoms with Crippen LogP contribution >= 0.6 is 15.9 Å². The summed E-state index contributed by atoms with van der Waals surface area (Å²) in [7, 11) is 0. The van der Waals surface area contributed by atoms with Crippen LogP contribution in [0.3, 0.4) is 0 Å². The minimum Gasteiger partial charge on any atom is -0.482 e. The van der Waals surface area contributed by atoms with Crippen molar-refractivity contribution in [3.63, 3.8) is 0 Å². The Bertz CT molecular complexity index is 1000. The molecule has 8 heteroatoms. The van der Waals surface area contributed by atoms with Crippen molar-refractivity contribution in [1.29, 1.82) is 0 Å². The monoisotopic (exact) mass is 426 g/mol. The average Bonchev–Trinajstić information content (AvgIpc) is 3.13. The average molecular weight is 427 g/mol. The van der Waals surface area contributed by atoms with Crippen LogP contribution in [0.5, 0.6) is 5.75 Å². The summed E-state index contributed by atoms with van der Waals surface area (Å²) in [6.07, 6.45) is 1.76. The van der Waals surface area contributed by atoms with Crippen LogP contribution in [0.1, 0.15) is 0 Å². The molecule has 0 bridgehead atoms. The number of halogens is 1. The summed E-state index contributed by atoms with van der Waals surface area (Å²) in [6.45, 7) is -0.214. The maximum atomic E-state index is 12.4. The normalized spacial score (nSPS) is 13.1. The number of amides is 2. The molecule has 0 saturated heterocycles. The van der Waals surface area contributed by atoms with Crippen molar-refractivity contribution in [1.82, 2.24) is 9.78 Å². The first-order chi connectivity index (χ1) is 13.1. The molecule has 0 atom stereocenters. The molecule has 0 fully saturated rings. The van der Waals surface area contributed by atoms with Gasteiger partial charge in [0.1, 0.15) is 12.3 Å². The van der Waals surface area contributed by atoms with E-state index < -0.39 is 0 Å². The van der Waals surface area contributed by atoms with E-state index in [2.05, 4.69) is 26.3 Å². The van der Waals surface area contributed by atoms with Crippen molar-refractivity contribution in [2.45, 2.75) is 0 Å². The molecule has 2 heterocycles. The molecular formula is C19H15BrN4O3. The molecule has 7 nitrogen and oxygen atoms in total. The largest absolute Gasteiger partial charge is 0.482 e. The molecule has 0 aliphatic carbocycles. The minimum absolute atomic E-state index is 0.0978. The highest BCUT2D eigenvalue weighted by atomic mass is 79.9. The first-order valence-electron chi connectivity index (χ1n) is 8.24. The molecule has 2 amide bonds. The Morgan fingerprint density at radius 2 is 2.00 bits per heavy atom. The van der Waals surface area contributed by atoms with Crippen molar-refractivity contribution in [3.05, 3.63) is 65.3 Å². The smallest absolute Gasteiger partial charge is 0.265 e. The number of anilines is 2. The number of fused-ring (bicyclic) bond motifs is 1. The Hall–Kier alpha value is -3.13. The summed E-state index contributed by atoms with van der Waals surface area (Å²) in [5.41, 5.74) is 1.46. The number of para-hydroxylation sites is 1. The van der Waals surface area contributed by atoms with Crippen LogP contribution in [0.4, 0.5) is 11.5 Å². The zero-order valence-corrected chi connectivity index (χ0v) is 15.7. The van der Waals surface area contributed by atoms with Gasteiger partial charge in [-0.2, -0.15) is 5.10 Å². The molecule has 0 spiro atoms. The number of carbonyl (C=O) groups excluding carboxylic acids is 2. The van der Waals surface area contributed by atoms with Crippen LogP contribution in [0.15, 0.2) is 65.3 Å². The third-order valence-corrected chi connectivity index (χ3v) is 4.54. The summed E-state index contributed by atoms with van der Waals surface area (Å²) >= 11 is 3.37. The number of aromatic nitrogens is 2. The van der Waals surface area contributed by atoms with Crippen LogP contribution in [0.2, 0.25) is 0 Å². The summed E-state index contributed by atoms with van der Waals surface area (Å²) in [6, 6.07) is 16.6. The maximum absolute atomic E-state index is 12.4. The Labute approximate surface area is 163 Å². The fourth-order valence-electron chi connectivity index (χ4n) is 2.79. The van der Waals surface area contributed by atoms with E-state index in [-0.39, 0.29) is 25.0 Å². The predicted molar refractivity (Wildman–Crippen MR) is 104 cm³/mol. The number of ether oxygens (including phenoxy) is 1. The molecule has 0 radical (unpaired) electrons. The van der Waals surface area contributed by atoms with Gasteiger partial charge < -0.3 is 10.1 Å². The van der Waals surface area contributed by atoms with Gasteiger partial charge in [0.2, 0.25) is 5.91 Å². The van der Waals surface area contributed by atoms with Gasteiger partial charge in [0.25, 0.3) is 5.91 Å². The number of nitrogens with one attached hydrogen (secondary N) is 1. The SMILES string of the molecule is O=C(CN1C(=O)COc2cc(Br)ccc21)Nc1ccn(-c2ccccc2)n1. The molecule has 0 unspecified atom stereocenters. The van der Waals surface area contributed by atoms with Gasteiger partial charge in [-0.05, 0) is 30.3 Å². The van der Waals surface area contributed by atoms with Crippen molar-refractivity contribution in [3.8, 4) is 11.4 Å². The molecule has 1 aromatic heterocycles. The maximum Gasteiger partial charge on any atom is 0.265 e. The molecule has 2 aromatic carbocycles. The summed E-state index contributed by atoms with van der Waals surface area (Å²) in [5.74, 6) is 0.373. The Kier molecular flexibility index (Phi) is 4.64. The number of hydrogen-bond donors (Lipinski definition) is 1. The van der Waals surface area contributed by atoms with Gasteiger partial charge in [-0.1, -0.05) is 34.1 Å². The molecule has 4 rings (SSSR count). The Morgan fingerprint density at radius 3 is 2.81 bits per heavy atom. The third kappa shape index (κ3) is 3.70. The summed E-state index contributed by atoms with van der Waals surface area (Å²) in [4.78, 5) is 26.1. The standard InChI is InChI=1S/C19H15BrN4O3/c20-13-6-7-15-16(10-13)27-12-19(26)23(15)11-18(25)21-17-8-9-24(22-17)14-4-2-1-3-5-14/h1-10H,11-12H2,(H,21,22,25). The van der Waals surface area contributed by atoms with Gasteiger partial charge in [-0.25, -0.2) is 4.68 Å². The van der Waals surface area contributed by atoms with E-state index in [9.17, 15) is 9.59 Å². The molecule has 136 valence electrons. The van der Waals surface area contributed by atoms with Gasteiger partial charge in [0.15, 0.2) is 12.4 Å². The first kappa shape index (κ1) is 17.3. The van der Waals surface area contributed by atoms with Gasteiger partial charge >= 0.3 is 0 Å². The Morgan fingerprint density at radius 1 is 1.19 bits per heavy atom. The van der Waals surface area contributed by atoms with Crippen LogP contribution in [0, 0.1) is 0 Å². The molecule has 1 aliphatic heterocycles. The summed E-state index contributed by atoms with van der Waals surface area (Å²) in [5, 5.41) is 7.07. The molecule has 1 aliphatic rings. The number of carbonyl (C=O) groups is 2. The highest BCUT2D eigenvalue weighted by Gasteiger charge is 2.27. The second kappa shape index (κ2) is 7.24. The van der Waals surface area contributed by atoms with Crippen LogP contribution in [-0.2, 0) is 9.59 Å². The number of nitrogens with zero attached hydrogens (tertiary/aromatic N) is 3. The van der Waals surface area contributed by atoms with Crippen molar-refractivity contribution < 1.29 is 14.3 Å². The van der Waals surface area contributed by atoms with Crippen molar-refractivity contribution in [2.24, 2.45) is 0 Å². The second-order valence-corrected chi connectivity index (χ2v) is 6.83. The third-order valence-electron chi connectivity index (χ3n) is 4.04. The lowest BCUT2D eigenvalue weighted by atomic mass is 10.2. The number of benzene rings is 2. The van der Waals surface area contributed by atoms with E-state index >= 15 is 0 Å². The molecule has 0 saturated carbocycles. The summed E-state index contributed by atoms with van der Waals surface area (Å²) < 4.78 is 7.94. The molecule has 3 aromatic rings. The Balaban J connectivity index is 1.47. The van der Waals surface area contributed by atoms with E-state index in [4.69, 9.17) is 4.74 Å². The molecule has 1 N–H and O–H groups in total. The molecular weight excluding hydrogens is 412 g/mol. The van der Waals surface area contributed by atoms with E-state index in [0.29, 0.717) is 17.3 Å². The zero-order chi connectivity index (χ0) is 18.8. The highest BCUT2D eigenvalue weighted by Crippen LogP contribution is 2.34. The van der Waals surface area contributed by atoms with Gasteiger partial charge in [0, 0.05) is 16.7 Å². The quantitative estimate of drug-likeness (QED) is 0.695. The minimum atomic E-state index is -0.336. The van der Waals surface area contributed by atoms with Crippen molar-refractivity contribution >= 4 is 39.2 Å². The second-order valence-electron chi connectivity index (χ2n) is 5.91. The van der Waals surface area contributed by atoms with Gasteiger partial charge in [0.05, 0.1) is 11.4 Å². The van der Waals surface area contributed by atoms with Gasteiger partial charge in [-0.15, -0.1) is 0 Å². The number of rotatable bonds is 4. The van der Waals surface area contributed by atoms with E-state index in [1.807, 2.05) is 30.3 Å². The van der Waals surface area contributed by atoms with Crippen LogP contribution in [0.25, 0.3) is 5.69 Å². The lowest BCUT2D eigenvalue weighted by Gasteiger charge is -2.28. The topological polar surface area (TPSA) is 76.5 Å². The zero-order valence-electron chi connectivity index (χ0n) is 14.1. The highest BCUT2D eigenvalue weighted by molar-refractivity contribution is 9.10. The van der Waals surface area contributed by atoms with Crippen LogP contribution < -0.4 is 15.0 Å². The van der Waals surface area contributed by atoms with E-state index in [0.717, 1.165) is 10.2 Å². The van der Waals surface area contributed by atoms with Crippen molar-refractivity contribution in [2.75, 3.05) is 23.4 Å². The predicted octanol–water partition coefficient (Wildman–Crippen LogP) is 3.00. The van der Waals surface area contributed by atoms with Crippen LogP contribution in [-0.4, -0.2) is 34.7 Å². The fourth-order valence-corrected chi connectivity index (χ4v) is 3.13. The van der Waals surface area contributed by atoms with Gasteiger partial charge in [-0.3, -0.25) is 14.5 Å². The lowest BCUT2D eigenvalue weighted by Crippen LogP contribution is -2.43.